The number of aliphatic hydroxyl groups excluding tert-OH is 1. The van der Waals surface area contributed by atoms with Crippen LogP contribution in [0.4, 0.5) is 4.79 Å². The van der Waals surface area contributed by atoms with Crippen molar-refractivity contribution in [2.24, 2.45) is 11.7 Å². The lowest BCUT2D eigenvalue weighted by molar-refractivity contribution is -0.128. The second-order valence-corrected chi connectivity index (χ2v) is 4.52. The molecule has 0 bridgehead atoms. The maximum absolute atomic E-state index is 11.6. The summed E-state index contributed by atoms with van der Waals surface area (Å²) in [5.41, 5.74) is 5.44. The number of nitrogens with two attached hydrogens (primary N) is 1. The first kappa shape index (κ1) is 12.3. The van der Waals surface area contributed by atoms with E-state index in [0.717, 1.165) is 0 Å². The first-order valence-electron chi connectivity index (χ1n) is 5.68. The zero-order valence-electron chi connectivity index (χ0n) is 9.63. The van der Waals surface area contributed by atoms with Crippen molar-refractivity contribution < 1.29 is 19.4 Å². The highest BCUT2D eigenvalue weighted by Crippen LogP contribution is 2.25. The van der Waals surface area contributed by atoms with E-state index < -0.39 is 24.5 Å². The van der Waals surface area contributed by atoms with Crippen molar-refractivity contribution in [2.45, 2.75) is 31.8 Å². The van der Waals surface area contributed by atoms with Gasteiger partial charge in [-0.2, -0.15) is 0 Å². The number of aliphatic hydroxyl groups is 1. The minimum absolute atomic E-state index is 0.210. The van der Waals surface area contributed by atoms with Gasteiger partial charge in [0, 0.05) is 19.5 Å². The van der Waals surface area contributed by atoms with Gasteiger partial charge >= 0.3 is 6.03 Å². The number of hydrogen-bond acceptors (Lipinski definition) is 5. The van der Waals surface area contributed by atoms with Gasteiger partial charge in [-0.05, 0) is 0 Å². The van der Waals surface area contributed by atoms with Gasteiger partial charge in [-0.15, -0.1) is 0 Å². The van der Waals surface area contributed by atoms with Crippen LogP contribution in [0.15, 0.2) is 0 Å². The Balaban J connectivity index is 2.03. The molecule has 2 saturated heterocycles. The molecule has 0 radical (unpaired) electrons. The van der Waals surface area contributed by atoms with Crippen LogP contribution in [0.1, 0.15) is 13.3 Å². The lowest BCUT2D eigenvalue weighted by atomic mass is 10.1. The Morgan fingerprint density at radius 2 is 2.29 bits per heavy atom. The number of nitrogens with one attached hydrogen (secondary N) is 1. The molecular weight excluding hydrogens is 226 g/mol. The van der Waals surface area contributed by atoms with Gasteiger partial charge in [-0.25, -0.2) is 4.79 Å². The third-order valence-electron chi connectivity index (χ3n) is 3.19. The molecule has 2 aliphatic rings. The van der Waals surface area contributed by atoms with Crippen LogP contribution >= 0.6 is 0 Å². The van der Waals surface area contributed by atoms with E-state index >= 15 is 0 Å². The molecule has 96 valence electrons. The Labute approximate surface area is 98.9 Å². The number of nitrogens with zero attached hydrogens (tertiary/aromatic N) is 1. The predicted octanol–water partition coefficient (Wildman–Crippen LogP) is -1.39. The minimum Gasteiger partial charge on any atom is -0.390 e. The number of urea groups is 1. The van der Waals surface area contributed by atoms with E-state index in [4.69, 9.17) is 10.5 Å². The monoisotopic (exact) mass is 243 g/mol. The Bertz CT molecular complexity index is 336. The first-order chi connectivity index (χ1) is 8.02. The van der Waals surface area contributed by atoms with Gasteiger partial charge in [-0.3, -0.25) is 15.0 Å². The Hall–Kier alpha value is -1.18. The van der Waals surface area contributed by atoms with Gasteiger partial charge < -0.3 is 15.6 Å². The molecule has 2 fully saturated rings. The lowest BCUT2D eigenvalue weighted by Gasteiger charge is -2.34. The Morgan fingerprint density at radius 3 is 2.88 bits per heavy atom. The number of ether oxygens (including phenoxy) is 1. The van der Waals surface area contributed by atoms with Crippen LogP contribution in [0.2, 0.25) is 0 Å². The van der Waals surface area contributed by atoms with Crippen LogP contribution in [-0.4, -0.2) is 53.5 Å². The second-order valence-electron chi connectivity index (χ2n) is 4.52. The van der Waals surface area contributed by atoms with E-state index in [2.05, 4.69) is 5.32 Å². The standard InChI is InChI=1S/C10H17N3O4/c1-5-4-13(10(16)12-9(5)15)8-2-6(14)7(3-11)17-8/h5-8,14H,2-4,11H2,1H3,(H,12,15,16)/t5?,6?,7-,8-/m1/s1. The van der Waals surface area contributed by atoms with E-state index in [1.165, 1.54) is 4.90 Å². The summed E-state index contributed by atoms with van der Waals surface area (Å²) in [5, 5.41) is 11.9. The van der Waals surface area contributed by atoms with Crippen molar-refractivity contribution >= 4 is 11.9 Å². The molecule has 7 heteroatoms. The fourth-order valence-electron chi connectivity index (χ4n) is 2.13. The average Bonchev–Trinajstić information content (AvgIpc) is 2.65. The largest absolute Gasteiger partial charge is 0.390 e. The molecule has 4 atom stereocenters. The van der Waals surface area contributed by atoms with Gasteiger partial charge in [0.1, 0.15) is 6.23 Å². The summed E-state index contributed by atoms with van der Waals surface area (Å²) < 4.78 is 5.50. The van der Waals surface area contributed by atoms with Gasteiger partial charge in [0.25, 0.3) is 0 Å². The molecule has 3 amide bonds. The predicted molar refractivity (Wildman–Crippen MR) is 57.7 cm³/mol. The van der Waals surface area contributed by atoms with Crippen LogP contribution < -0.4 is 11.1 Å². The number of rotatable bonds is 2. The maximum atomic E-state index is 11.6. The molecule has 0 aromatic heterocycles. The molecule has 4 N–H and O–H groups in total. The summed E-state index contributed by atoms with van der Waals surface area (Å²) >= 11 is 0. The summed E-state index contributed by atoms with van der Waals surface area (Å²) in [5.74, 6) is -0.550. The quantitative estimate of drug-likeness (QED) is 0.553. The lowest BCUT2D eigenvalue weighted by Crippen LogP contribution is -2.57. The van der Waals surface area contributed by atoms with Crippen LogP contribution in [0.3, 0.4) is 0 Å². The summed E-state index contributed by atoms with van der Waals surface area (Å²) in [6.45, 7) is 2.25. The maximum Gasteiger partial charge on any atom is 0.326 e. The third kappa shape index (κ3) is 2.26. The molecule has 2 heterocycles. The summed E-state index contributed by atoms with van der Waals surface area (Å²) in [7, 11) is 0. The topological polar surface area (TPSA) is 105 Å². The number of amides is 3. The summed E-state index contributed by atoms with van der Waals surface area (Å²) in [4.78, 5) is 24.4. The second kappa shape index (κ2) is 4.59. The Morgan fingerprint density at radius 1 is 1.59 bits per heavy atom. The molecular formula is C10H17N3O4. The van der Waals surface area contributed by atoms with Gasteiger partial charge in [-0.1, -0.05) is 6.92 Å². The third-order valence-corrected chi connectivity index (χ3v) is 3.19. The molecule has 7 nitrogen and oxygen atoms in total. The van der Waals surface area contributed by atoms with Crippen LogP contribution in [-0.2, 0) is 9.53 Å². The molecule has 17 heavy (non-hydrogen) atoms. The first-order valence-corrected chi connectivity index (χ1v) is 5.68. The smallest absolute Gasteiger partial charge is 0.326 e. The number of carbonyl (C=O) groups is 2. The molecule has 2 rings (SSSR count). The summed E-state index contributed by atoms with van der Waals surface area (Å²) in [6, 6.07) is -0.469. The van der Waals surface area contributed by atoms with Gasteiger partial charge in [0.15, 0.2) is 0 Å². The van der Waals surface area contributed by atoms with Crippen molar-refractivity contribution in [2.75, 3.05) is 13.1 Å². The van der Waals surface area contributed by atoms with E-state index in [1.54, 1.807) is 6.92 Å². The van der Waals surface area contributed by atoms with Crippen LogP contribution in [0.25, 0.3) is 0 Å². The minimum atomic E-state index is -0.661. The van der Waals surface area contributed by atoms with E-state index in [0.29, 0.717) is 13.0 Å². The Kier molecular flexibility index (Phi) is 3.32. The van der Waals surface area contributed by atoms with Gasteiger partial charge in [0.2, 0.25) is 5.91 Å². The van der Waals surface area contributed by atoms with Crippen molar-refractivity contribution in [1.29, 1.82) is 0 Å². The molecule has 0 aliphatic carbocycles. The van der Waals surface area contributed by atoms with Crippen molar-refractivity contribution in [1.82, 2.24) is 10.2 Å². The van der Waals surface area contributed by atoms with E-state index in [-0.39, 0.29) is 18.4 Å². The number of imide groups is 1. The molecule has 2 unspecified atom stereocenters. The number of carbonyl (C=O) groups excluding carboxylic acids is 2. The zero-order valence-corrected chi connectivity index (χ0v) is 9.63. The fourth-order valence-corrected chi connectivity index (χ4v) is 2.13. The highest BCUT2D eigenvalue weighted by molar-refractivity contribution is 5.97. The van der Waals surface area contributed by atoms with E-state index in [1.807, 2.05) is 0 Å². The average molecular weight is 243 g/mol. The normalized spacial score (nSPS) is 38.4. The zero-order chi connectivity index (χ0) is 12.6. The fraction of sp³-hybridized carbons (Fsp3) is 0.800. The van der Waals surface area contributed by atoms with Crippen molar-refractivity contribution in [3.8, 4) is 0 Å². The summed E-state index contributed by atoms with van der Waals surface area (Å²) in [6.07, 6.45) is -1.28. The molecule has 0 aromatic rings. The highest BCUT2D eigenvalue weighted by Gasteiger charge is 2.41. The van der Waals surface area contributed by atoms with Crippen molar-refractivity contribution in [3.63, 3.8) is 0 Å². The molecule has 0 saturated carbocycles. The highest BCUT2D eigenvalue weighted by atomic mass is 16.5. The van der Waals surface area contributed by atoms with Crippen LogP contribution in [0.5, 0.6) is 0 Å². The van der Waals surface area contributed by atoms with Crippen LogP contribution in [0, 0.1) is 5.92 Å². The van der Waals surface area contributed by atoms with Gasteiger partial charge in [0.05, 0.1) is 18.1 Å². The molecule has 0 spiro atoms. The molecule has 0 aromatic carbocycles. The van der Waals surface area contributed by atoms with Crippen molar-refractivity contribution in [3.05, 3.63) is 0 Å². The molecule has 2 aliphatic heterocycles. The number of hydrogen-bond donors (Lipinski definition) is 3. The SMILES string of the molecule is CC1CN([C@H]2CC(O)[C@@H](CN)O2)C(=O)NC1=O. The van der Waals surface area contributed by atoms with E-state index in [9.17, 15) is 14.7 Å².